The maximum Gasteiger partial charge on any atom is 0.119 e. The minimum atomic E-state index is -0.478. The highest BCUT2D eigenvalue weighted by molar-refractivity contribution is 7.80. The number of hydrogen-bond acceptors (Lipinski definition) is 4. The Morgan fingerprint density at radius 1 is 1.43 bits per heavy atom. The molecule has 2 rings (SSSR count). The van der Waals surface area contributed by atoms with Crippen molar-refractivity contribution in [1.29, 1.82) is 0 Å². The van der Waals surface area contributed by atoms with Gasteiger partial charge in [0.1, 0.15) is 10.7 Å². The van der Waals surface area contributed by atoms with Crippen molar-refractivity contribution in [3.8, 4) is 5.75 Å². The molecule has 0 atom stereocenters. The fourth-order valence-corrected chi connectivity index (χ4v) is 2.60. The summed E-state index contributed by atoms with van der Waals surface area (Å²) in [5.74, 6) is 0.807. The average Bonchev–Trinajstić information content (AvgIpc) is 2.45. The molecule has 0 amide bonds. The molecular formula is C16H24N2O2S. The molecule has 116 valence electrons. The van der Waals surface area contributed by atoms with E-state index in [1.54, 1.807) is 0 Å². The van der Waals surface area contributed by atoms with Gasteiger partial charge in [0.2, 0.25) is 0 Å². The van der Waals surface area contributed by atoms with E-state index in [1.165, 1.54) is 0 Å². The van der Waals surface area contributed by atoms with Gasteiger partial charge < -0.3 is 20.5 Å². The Bertz CT molecular complexity index is 481. The first-order valence-electron chi connectivity index (χ1n) is 7.44. The maximum atomic E-state index is 9.91. The first-order valence-corrected chi connectivity index (χ1v) is 7.84. The van der Waals surface area contributed by atoms with Gasteiger partial charge in [-0.3, -0.25) is 0 Å². The van der Waals surface area contributed by atoms with Crippen LogP contribution in [-0.2, 0) is 0 Å². The van der Waals surface area contributed by atoms with E-state index >= 15 is 0 Å². The van der Waals surface area contributed by atoms with E-state index in [9.17, 15) is 5.11 Å². The lowest BCUT2D eigenvalue weighted by Gasteiger charge is -2.35. The third-order valence-electron chi connectivity index (χ3n) is 3.94. The maximum absolute atomic E-state index is 9.91. The van der Waals surface area contributed by atoms with Crippen LogP contribution in [0.4, 0.5) is 0 Å². The van der Waals surface area contributed by atoms with Gasteiger partial charge in [-0.2, -0.15) is 0 Å². The molecule has 0 spiro atoms. The molecule has 1 aromatic carbocycles. The smallest absolute Gasteiger partial charge is 0.119 e. The van der Waals surface area contributed by atoms with Gasteiger partial charge in [-0.25, -0.2) is 0 Å². The second-order valence-corrected chi connectivity index (χ2v) is 6.37. The zero-order valence-corrected chi connectivity index (χ0v) is 13.4. The third-order valence-corrected chi connectivity index (χ3v) is 4.17. The first kappa shape index (κ1) is 16.2. The number of benzene rings is 1. The van der Waals surface area contributed by atoms with E-state index in [0.717, 1.165) is 50.2 Å². The molecule has 1 heterocycles. The molecule has 0 bridgehead atoms. The van der Waals surface area contributed by atoms with E-state index in [0.29, 0.717) is 11.6 Å². The van der Waals surface area contributed by atoms with Crippen molar-refractivity contribution in [2.75, 3.05) is 26.2 Å². The number of ether oxygens (including phenoxy) is 1. The van der Waals surface area contributed by atoms with Crippen LogP contribution >= 0.6 is 12.2 Å². The predicted octanol–water partition coefficient (Wildman–Crippen LogP) is 1.94. The Morgan fingerprint density at radius 2 is 2.14 bits per heavy atom. The Labute approximate surface area is 131 Å². The number of aliphatic hydroxyl groups is 1. The molecule has 4 nitrogen and oxygen atoms in total. The summed E-state index contributed by atoms with van der Waals surface area (Å²) < 4.78 is 5.74. The monoisotopic (exact) mass is 308 g/mol. The molecule has 21 heavy (non-hydrogen) atoms. The molecule has 0 aromatic heterocycles. The highest BCUT2D eigenvalue weighted by Crippen LogP contribution is 2.21. The zero-order valence-electron chi connectivity index (χ0n) is 12.5. The van der Waals surface area contributed by atoms with E-state index in [4.69, 9.17) is 22.7 Å². The fraction of sp³-hybridized carbons (Fsp3) is 0.562. The lowest BCUT2D eigenvalue weighted by atomic mass is 9.94. The Morgan fingerprint density at radius 3 is 2.81 bits per heavy atom. The fourth-order valence-electron chi connectivity index (χ4n) is 2.48. The van der Waals surface area contributed by atoms with Gasteiger partial charge in [0.15, 0.2) is 0 Å². The molecule has 1 aliphatic rings. The second-order valence-electron chi connectivity index (χ2n) is 5.93. The molecule has 1 aliphatic heterocycles. The minimum absolute atomic E-state index is 0.390. The molecule has 3 N–H and O–H groups in total. The molecule has 1 aromatic rings. The van der Waals surface area contributed by atoms with Crippen LogP contribution in [0.15, 0.2) is 24.3 Å². The summed E-state index contributed by atoms with van der Waals surface area (Å²) >= 11 is 4.96. The third kappa shape index (κ3) is 5.26. The summed E-state index contributed by atoms with van der Waals surface area (Å²) in [7, 11) is 0. The number of hydrogen-bond donors (Lipinski definition) is 2. The van der Waals surface area contributed by atoms with Gasteiger partial charge in [0.25, 0.3) is 0 Å². The van der Waals surface area contributed by atoms with Crippen LogP contribution in [-0.4, -0.2) is 46.8 Å². The van der Waals surface area contributed by atoms with Crippen molar-refractivity contribution in [1.82, 2.24) is 4.90 Å². The van der Waals surface area contributed by atoms with E-state index in [1.807, 2.05) is 31.2 Å². The van der Waals surface area contributed by atoms with Crippen molar-refractivity contribution in [3.63, 3.8) is 0 Å². The van der Waals surface area contributed by atoms with Gasteiger partial charge in [0.05, 0.1) is 12.2 Å². The molecular weight excluding hydrogens is 284 g/mol. The molecule has 5 heteroatoms. The molecule has 0 radical (unpaired) electrons. The van der Waals surface area contributed by atoms with Gasteiger partial charge in [-0.1, -0.05) is 24.4 Å². The van der Waals surface area contributed by atoms with Crippen molar-refractivity contribution in [2.45, 2.75) is 31.8 Å². The minimum Gasteiger partial charge on any atom is -0.494 e. The normalized spacial score (nSPS) is 18.4. The van der Waals surface area contributed by atoms with Crippen molar-refractivity contribution in [3.05, 3.63) is 29.8 Å². The summed E-state index contributed by atoms with van der Waals surface area (Å²) in [5.41, 5.74) is 5.96. The topological polar surface area (TPSA) is 58.7 Å². The van der Waals surface area contributed by atoms with Crippen LogP contribution in [0.3, 0.4) is 0 Å². The first-order chi connectivity index (χ1) is 9.96. The van der Waals surface area contributed by atoms with Crippen LogP contribution in [0.1, 0.15) is 31.7 Å². The van der Waals surface area contributed by atoms with Gasteiger partial charge >= 0.3 is 0 Å². The second kappa shape index (κ2) is 7.20. The van der Waals surface area contributed by atoms with E-state index in [2.05, 4.69) is 4.90 Å². The van der Waals surface area contributed by atoms with Crippen molar-refractivity contribution < 1.29 is 9.84 Å². The molecule has 0 unspecified atom stereocenters. The van der Waals surface area contributed by atoms with E-state index < -0.39 is 5.60 Å². The van der Waals surface area contributed by atoms with Crippen LogP contribution in [0.25, 0.3) is 0 Å². The Kier molecular flexibility index (Phi) is 5.56. The molecule has 0 saturated carbocycles. The number of thiocarbonyl (C=S) groups is 1. The quantitative estimate of drug-likeness (QED) is 0.621. The Balaban J connectivity index is 1.68. The standard InChI is InChI=1S/C16H24N2O2S/c1-16(19)6-9-18(10-7-16)8-3-11-20-14-5-2-4-13(12-14)15(17)21/h2,4-5,12,19H,3,6-11H2,1H3,(H2,17,21). The highest BCUT2D eigenvalue weighted by Gasteiger charge is 2.26. The van der Waals surface area contributed by atoms with Crippen molar-refractivity contribution >= 4 is 17.2 Å². The largest absolute Gasteiger partial charge is 0.494 e. The number of nitrogens with zero attached hydrogens (tertiary/aromatic N) is 1. The van der Waals surface area contributed by atoms with Gasteiger partial charge in [0, 0.05) is 25.2 Å². The number of rotatable bonds is 6. The van der Waals surface area contributed by atoms with E-state index in [-0.39, 0.29) is 0 Å². The Hall–Kier alpha value is -1.17. The molecule has 1 saturated heterocycles. The summed E-state index contributed by atoms with van der Waals surface area (Å²) in [6.45, 7) is 5.52. The number of piperidine rings is 1. The zero-order chi connectivity index (χ0) is 15.3. The summed E-state index contributed by atoms with van der Waals surface area (Å²) in [6.07, 6.45) is 2.67. The summed E-state index contributed by atoms with van der Waals surface area (Å²) in [5, 5.41) is 9.91. The number of likely N-dealkylation sites (tertiary alicyclic amines) is 1. The number of nitrogens with two attached hydrogens (primary N) is 1. The SMILES string of the molecule is CC1(O)CCN(CCCOc2cccc(C(N)=S)c2)CC1. The lowest BCUT2D eigenvalue weighted by Crippen LogP contribution is -2.42. The van der Waals surface area contributed by atoms with Crippen molar-refractivity contribution in [2.24, 2.45) is 5.73 Å². The average molecular weight is 308 g/mol. The van der Waals surface area contributed by atoms with Crippen LogP contribution in [0, 0.1) is 0 Å². The molecule has 0 aliphatic carbocycles. The lowest BCUT2D eigenvalue weighted by molar-refractivity contribution is -0.00603. The summed E-state index contributed by atoms with van der Waals surface area (Å²) in [4.78, 5) is 2.77. The highest BCUT2D eigenvalue weighted by atomic mass is 32.1. The van der Waals surface area contributed by atoms with Crippen LogP contribution < -0.4 is 10.5 Å². The van der Waals surface area contributed by atoms with Gasteiger partial charge in [-0.15, -0.1) is 0 Å². The molecule has 1 fully saturated rings. The van der Waals surface area contributed by atoms with Gasteiger partial charge in [-0.05, 0) is 38.3 Å². The van der Waals surface area contributed by atoms with Crippen LogP contribution in [0.2, 0.25) is 0 Å². The predicted molar refractivity (Wildman–Crippen MR) is 88.7 cm³/mol. The summed E-state index contributed by atoms with van der Waals surface area (Å²) in [6, 6.07) is 7.58. The van der Waals surface area contributed by atoms with Crippen LogP contribution in [0.5, 0.6) is 5.75 Å².